The molecule has 0 atom stereocenters. The second-order valence-corrected chi connectivity index (χ2v) is 4.57. The number of aromatic carboxylic acids is 1. The van der Waals surface area contributed by atoms with Gasteiger partial charge in [0.15, 0.2) is 0 Å². The number of carboxylic acids is 1. The van der Waals surface area contributed by atoms with Gasteiger partial charge in [-0.1, -0.05) is 11.8 Å². The highest BCUT2D eigenvalue weighted by atomic mass is 32.2. The molecule has 96 valence electrons. The molecule has 0 aromatic carbocycles. The molecule has 0 aliphatic carbocycles. The number of hydrogen-bond acceptors (Lipinski definition) is 5. The zero-order valence-corrected chi connectivity index (χ0v) is 10.4. The molecule has 2 heterocycles. The van der Waals surface area contributed by atoms with Crippen LogP contribution >= 0.6 is 11.8 Å². The Morgan fingerprint density at radius 1 is 1.21 bits per heavy atom. The molecule has 19 heavy (non-hydrogen) atoms. The van der Waals surface area contributed by atoms with Gasteiger partial charge in [0.05, 0.1) is 5.56 Å². The molecule has 7 heteroatoms. The summed E-state index contributed by atoms with van der Waals surface area (Å²) in [5.41, 5.74) is 5.47. The fourth-order valence-corrected chi connectivity index (χ4v) is 2.28. The third-order valence-electron chi connectivity index (χ3n) is 2.20. The Hall–Kier alpha value is -2.41. The highest BCUT2D eigenvalue weighted by molar-refractivity contribution is 7.99. The van der Waals surface area contributed by atoms with Gasteiger partial charge in [-0.25, -0.2) is 14.8 Å². The first-order valence-corrected chi connectivity index (χ1v) is 6.01. The fraction of sp³-hybridized carbons (Fsp3) is 0. The summed E-state index contributed by atoms with van der Waals surface area (Å²) in [5, 5.41) is 9.28. The number of nitrogens with zero attached hydrogens (tertiary/aromatic N) is 2. The van der Waals surface area contributed by atoms with E-state index in [0.29, 0.717) is 15.5 Å². The van der Waals surface area contributed by atoms with Gasteiger partial charge in [-0.3, -0.25) is 4.79 Å². The molecule has 0 aliphatic heterocycles. The summed E-state index contributed by atoms with van der Waals surface area (Å²) in [5.74, 6) is -1.69. The van der Waals surface area contributed by atoms with Gasteiger partial charge in [-0.05, 0) is 24.3 Å². The van der Waals surface area contributed by atoms with E-state index in [1.807, 2.05) is 0 Å². The van der Waals surface area contributed by atoms with Gasteiger partial charge >= 0.3 is 5.97 Å². The van der Waals surface area contributed by atoms with Crippen LogP contribution in [-0.2, 0) is 0 Å². The highest BCUT2D eigenvalue weighted by Crippen LogP contribution is 2.28. The van der Waals surface area contributed by atoms with E-state index in [9.17, 15) is 9.59 Å². The van der Waals surface area contributed by atoms with E-state index in [1.54, 1.807) is 18.2 Å². The lowest BCUT2D eigenvalue weighted by atomic mass is 10.3. The van der Waals surface area contributed by atoms with Crippen LogP contribution in [0.3, 0.4) is 0 Å². The maximum absolute atomic E-state index is 11.2. The third-order valence-corrected chi connectivity index (χ3v) is 3.21. The van der Waals surface area contributed by atoms with Crippen molar-refractivity contribution in [3.63, 3.8) is 0 Å². The Balaban J connectivity index is 2.34. The summed E-state index contributed by atoms with van der Waals surface area (Å²) < 4.78 is 0. The minimum Gasteiger partial charge on any atom is -0.477 e. The smallest absolute Gasteiger partial charge is 0.354 e. The van der Waals surface area contributed by atoms with E-state index in [0.717, 1.165) is 11.8 Å². The predicted molar refractivity (Wildman–Crippen MR) is 68.1 cm³/mol. The number of aromatic nitrogens is 2. The predicted octanol–water partition coefficient (Wildman–Crippen LogP) is 1.42. The summed E-state index contributed by atoms with van der Waals surface area (Å²) in [6.07, 6.45) is 2.92. The van der Waals surface area contributed by atoms with Gasteiger partial charge in [0.1, 0.15) is 10.7 Å². The Labute approximate surface area is 112 Å². The van der Waals surface area contributed by atoms with E-state index >= 15 is 0 Å². The Morgan fingerprint density at radius 2 is 2.00 bits per heavy atom. The van der Waals surface area contributed by atoms with Gasteiger partial charge in [0.25, 0.3) is 5.91 Å². The molecule has 0 fully saturated rings. The van der Waals surface area contributed by atoms with E-state index in [-0.39, 0.29) is 5.69 Å². The van der Waals surface area contributed by atoms with Gasteiger partial charge in [0.2, 0.25) is 0 Å². The molecule has 0 bridgehead atoms. The molecule has 0 radical (unpaired) electrons. The van der Waals surface area contributed by atoms with Crippen molar-refractivity contribution in [3.05, 3.63) is 47.9 Å². The van der Waals surface area contributed by atoms with Crippen molar-refractivity contribution in [2.45, 2.75) is 9.92 Å². The average molecular weight is 275 g/mol. The van der Waals surface area contributed by atoms with Crippen molar-refractivity contribution in [3.8, 4) is 0 Å². The number of carboxylic acid groups (broad SMARTS) is 1. The third kappa shape index (κ3) is 3.08. The summed E-state index contributed by atoms with van der Waals surface area (Å²) in [4.78, 5) is 30.5. The van der Waals surface area contributed by atoms with Crippen LogP contribution < -0.4 is 5.73 Å². The zero-order valence-electron chi connectivity index (χ0n) is 9.61. The maximum atomic E-state index is 11.2. The number of hydrogen-bond donors (Lipinski definition) is 2. The van der Waals surface area contributed by atoms with Crippen LogP contribution in [0.2, 0.25) is 0 Å². The van der Waals surface area contributed by atoms with Crippen molar-refractivity contribution < 1.29 is 14.7 Å². The Bertz CT molecular complexity index is 646. The van der Waals surface area contributed by atoms with E-state index in [1.165, 1.54) is 18.5 Å². The van der Waals surface area contributed by atoms with Crippen molar-refractivity contribution in [2.24, 2.45) is 5.73 Å². The molecular weight excluding hydrogens is 266 g/mol. The number of carbonyl (C=O) groups is 2. The molecule has 2 rings (SSSR count). The fourth-order valence-electron chi connectivity index (χ4n) is 1.36. The summed E-state index contributed by atoms with van der Waals surface area (Å²) in [6.45, 7) is 0. The monoisotopic (exact) mass is 275 g/mol. The molecule has 0 saturated carbocycles. The zero-order chi connectivity index (χ0) is 13.8. The van der Waals surface area contributed by atoms with E-state index in [2.05, 4.69) is 9.97 Å². The lowest BCUT2D eigenvalue weighted by Gasteiger charge is -2.05. The minimum absolute atomic E-state index is 0.0680. The van der Waals surface area contributed by atoms with Crippen LogP contribution in [0.4, 0.5) is 0 Å². The molecule has 3 N–H and O–H groups in total. The number of primary amides is 1. The quantitative estimate of drug-likeness (QED) is 0.874. The first kappa shape index (κ1) is 13.0. The van der Waals surface area contributed by atoms with Gasteiger partial charge in [-0.15, -0.1) is 0 Å². The van der Waals surface area contributed by atoms with Crippen LogP contribution in [0, 0.1) is 0 Å². The molecule has 2 aromatic rings. The Morgan fingerprint density at radius 3 is 2.68 bits per heavy atom. The normalized spacial score (nSPS) is 10.1. The average Bonchev–Trinajstić information content (AvgIpc) is 2.39. The van der Waals surface area contributed by atoms with E-state index in [4.69, 9.17) is 10.8 Å². The van der Waals surface area contributed by atoms with Crippen molar-refractivity contribution in [2.75, 3.05) is 0 Å². The number of amides is 1. The molecule has 0 spiro atoms. The van der Waals surface area contributed by atoms with Crippen LogP contribution in [0.15, 0.2) is 46.6 Å². The van der Waals surface area contributed by atoms with Gasteiger partial charge < -0.3 is 10.8 Å². The molecular formula is C12H9N3O3S. The van der Waals surface area contributed by atoms with Crippen molar-refractivity contribution in [1.82, 2.24) is 9.97 Å². The number of pyridine rings is 2. The second-order valence-electron chi connectivity index (χ2n) is 3.50. The largest absolute Gasteiger partial charge is 0.477 e. The topological polar surface area (TPSA) is 106 Å². The molecule has 0 unspecified atom stereocenters. The first-order chi connectivity index (χ1) is 9.08. The molecule has 1 amide bonds. The molecule has 6 nitrogen and oxygen atoms in total. The summed E-state index contributed by atoms with van der Waals surface area (Å²) in [7, 11) is 0. The second kappa shape index (κ2) is 5.49. The highest BCUT2D eigenvalue weighted by Gasteiger charge is 2.12. The molecule has 0 saturated heterocycles. The SMILES string of the molecule is NC(=O)c1cccnc1Sc1ccnc(C(=O)O)c1. The lowest BCUT2D eigenvalue weighted by molar-refractivity contribution is 0.0690. The first-order valence-electron chi connectivity index (χ1n) is 5.20. The van der Waals surface area contributed by atoms with Gasteiger partial charge in [0, 0.05) is 17.3 Å². The van der Waals surface area contributed by atoms with Crippen molar-refractivity contribution >= 4 is 23.6 Å². The van der Waals surface area contributed by atoms with Gasteiger partial charge in [-0.2, -0.15) is 0 Å². The number of nitrogens with two attached hydrogens (primary N) is 1. The summed E-state index contributed by atoms with van der Waals surface area (Å²) >= 11 is 1.16. The standard InChI is InChI=1S/C12H9N3O3S/c13-10(16)8-2-1-4-15-11(8)19-7-3-5-14-9(6-7)12(17)18/h1-6H,(H2,13,16)(H,17,18). The van der Waals surface area contributed by atoms with Crippen LogP contribution in [0.25, 0.3) is 0 Å². The van der Waals surface area contributed by atoms with Crippen LogP contribution in [0.5, 0.6) is 0 Å². The number of carbonyl (C=O) groups excluding carboxylic acids is 1. The lowest BCUT2D eigenvalue weighted by Crippen LogP contribution is -2.12. The van der Waals surface area contributed by atoms with Crippen molar-refractivity contribution in [1.29, 1.82) is 0 Å². The molecule has 0 aliphatic rings. The number of rotatable bonds is 4. The van der Waals surface area contributed by atoms with E-state index < -0.39 is 11.9 Å². The van der Waals surface area contributed by atoms with Crippen LogP contribution in [0.1, 0.15) is 20.8 Å². The Kier molecular flexibility index (Phi) is 3.76. The van der Waals surface area contributed by atoms with Crippen LogP contribution in [-0.4, -0.2) is 27.0 Å². The maximum Gasteiger partial charge on any atom is 0.354 e. The minimum atomic E-state index is -1.11. The molecule has 2 aromatic heterocycles. The summed E-state index contributed by atoms with van der Waals surface area (Å²) in [6, 6.07) is 6.22.